The Morgan fingerprint density at radius 2 is 1.83 bits per heavy atom. The molecule has 0 bridgehead atoms. The third-order valence-corrected chi connectivity index (χ3v) is 5.13. The molecule has 132 valence electrons. The van der Waals surface area contributed by atoms with Crippen LogP contribution in [0.25, 0.3) is 0 Å². The molecule has 1 fully saturated rings. The number of aliphatic carboxylic acids is 1. The van der Waals surface area contributed by atoms with E-state index in [0.717, 1.165) is 37.0 Å². The SMILES string of the molecule is O=C(O)CSCC(=O)N(CCN1CCCC1)Cc1ccc(Cl)cc1. The minimum absolute atomic E-state index is 0.0182. The van der Waals surface area contributed by atoms with Gasteiger partial charge in [0.1, 0.15) is 0 Å². The molecule has 0 aromatic heterocycles. The number of carbonyl (C=O) groups is 2. The van der Waals surface area contributed by atoms with Gasteiger partial charge in [-0.3, -0.25) is 9.59 Å². The van der Waals surface area contributed by atoms with E-state index in [1.807, 2.05) is 29.2 Å². The molecule has 0 unspecified atom stereocenters. The van der Waals surface area contributed by atoms with E-state index >= 15 is 0 Å². The number of halogens is 1. The van der Waals surface area contributed by atoms with Crippen molar-refractivity contribution in [2.45, 2.75) is 19.4 Å². The summed E-state index contributed by atoms with van der Waals surface area (Å²) < 4.78 is 0. The summed E-state index contributed by atoms with van der Waals surface area (Å²) in [5.74, 6) is -0.767. The number of rotatable bonds is 9. The minimum Gasteiger partial charge on any atom is -0.481 e. The van der Waals surface area contributed by atoms with Gasteiger partial charge in [-0.05, 0) is 43.6 Å². The van der Waals surface area contributed by atoms with Crippen LogP contribution in [-0.2, 0) is 16.1 Å². The first-order chi connectivity index (χ1) is 11.5. The Morgan fingerprint density at radius 1 is 1.17 bits per heavy atom. The quantitative estimate of drug-likeness (QED) is 0.724. The third kappa shape index (κ3) is 6.71. The van der Waals surface area contributed by atoms with Crippen LogP contribution in [0.15, 0.2) is 24.3 Å². The number of hydrogen-bond acceptors (Lipinski definition) is 4. The van der Waals surface area contributed by atoms with Crippen molar-refractivity contribution in [2.75, 3.05) is 37.7 Å². The second-order valence-corrected chi connectivity index (χ2v) is 7.30. The first-order valence-electron chi connectivity index (χ1n) is 8.08. The topological polar surface area (TPSA) is 60.9 Å². The van der Waals surface area contributed by atoms with Crippen LogP contribution in [0.5, 0.6) is 0 Å². The van der Waals surface area contributed by atoms with Crippen molar-refractivity contribution in [3.05, 3.63) is 34.9 Å². The van der Waals surface area contributed by atoms with Crippen LogP contribution < -0.4 is 0 Å². The van der Waals surface area contributed by atoms with Crippen molar-refractivity contribution >= 4 is 35.2 Å². The fourth-order valence-electron chi connectivity index (χ4n) is 2.69. The molecule has 1 aromatic rings. The molecule has 0 aliphatic carbocycles. The van der Waals surface area contributed by atoms with E-state index in [9.17, 15) is 9.59 Å². The average Bonchev–Trinajstić information content (AvgIpc) is 3.06. The molecule has 1 saturated heterocycles. The first-order valence-corrected chi connectivity index (χ1v) is 9.62. The maximum Gasteiger partial charge on any atom is 0.313 e. The Balaban J connectivity index is 1.92. The van der Waals surface area contributed by atoms with Crippen molar-refractivity contribution in [1.82, 2.24) is 9.80 Å². The average molecular weight is 371 g/mol. The zero-order chi connectivity index (χ0) is 17.4. The second-order valence-electron chi connectivity index (χ2n) is 5.88. The Labute approximate surface area is 152 Å². The lowest BCUT2D eigenvalue weighted by molar-refractivity contribution is -0.133. The highest BCUT2D eigenvalue weighted by Crippen LogP contribution is 2.14. The molecule has 5 nitrogen and oxygen atoms in total. The Kier molecular flexibility index (Phi) is 7.88. The van der Waals surface area contributed by atoms with Crippen molar-refractivity contribution in [3.63, 3.8) is 0 Å². The van der Waals surface area contributed by atoms with Gasteiger partial charge in [0.2, 0.25) is 5.91 Å². The smallest absolute Gasteiger partial charge is 0.313 e. The van der Waals surface area contributed by atoms with Crippen LogP contribution in [0, 0.1) is 0 Å². The standard InChI is InChI=1S/C17H23ClN2O3S/c18-15-5-3-14(4-6-15)11-20(10-9-19-7-1-2-8-19)16(21)12-24-13-17(22)23/h3-6H,1-2,7-13H2,(H,22,23). The number of benzene rings is 1. The highest BCUT2D eigenvalue weighted by Gasteiger charge is 2.18. The second kappa shape index (κ2) is 9.91. The maximum atomic E-state index is 12.5. The van der Waals surface area contributed by atoms with E-state index in [-0.39, 0.29) is 17.4 Å². The van der Waals surface area contributed by atoms with Gasteiger partial charge >= 0.3 is 5.97 Å². The van der Waals surface area contributed by atoms with Crippen LogP contribution in [0.1, 0.15) is 18.4 Å². The summed E-state index contributed by atoms with van der Waals surface area (Å²) in [6.45, 7) is 4.24. The molecule has 24 heavy (non-hydrogen) atoms. The van der Waals surface area contributed by atoms with E-state index in [2.05, 4.69) is 4.90 Å². The van der Waals surface area contributed by atoms with Crippen molar-refractivity contribution in [3.8, 4) is 0 Å². The largest absolute Gasteiger partial charge is 0.481 e. The fraction of sp³-hybridized carbons (Fsp3) is 0.529. The van der Waals surface area contributed by atoms with Crippen LogP contribution in [0.3, 0.4) is 0 Å². The molecule has 0 radical (unpaired) electrons. The van der Waals surface area contributed by atoms with Gasteiger partial charge in [-0.2, -0.15) is 0 Å². The predicted molar refractivity (Wildman–Crippen MR) is 97.5 cm³/mol. The van der Waals surface area contributed by atoms with Crippen molar-refractivity contribution < 1.29 is 14.7 Å². The van der Waals surface area contributed by atoms with E-state index in [4.69, 9.17) is 16.7 Å². The highest BCUT2D eigenvalue weighted by molar-refractivity contribution is 8.00. The fourth-order valence-corrected chi connectivity index (χ4v) is 3.45. The summed E-state index contributed by atoms with van der Waals surface area (Å²) in [6.07, 6.45) is 2.44. The lowest BCUT2D eigenvalue weighted by Gasteiger charge is -2.25. The maximum absolute atomic E-state index is 12.5. The summed E-state index contributed by atoms with van der Waals surface area (Å²) in [4.78, 5) is 27.3. The van der Waals surface area contributed by atoms with E-state index in [1.54, 1.807) is 0 Å². The lowest BCUT2D eigenvalue weighted by atomic mass is 10.2. The normalized spacial score (nSPS) is 14.7. The first kappa shape index (κ1) is 19.1. The van der Waals surface area contributed by atoms with E-state index < -0.39 is 5.97 Å². The van der Waals surface area contributed by atoms with Gasteiger partial charge < -0.3 is 14.9 Å². The number of hydrogen-bond donors (Lipinski definition) is 1. The Hall–Kier alpha value is -1.24. The zero-order valence-corrected chi connectivity index (χ0v) is 15.2. The third-order valence-electron chi connectivity index (χ3n) is 3.98. The summed E-state index contributed by atoms with van der Waals surface area (Å²) in [5.41, 5.74) is 1.03. The van der Waals surface area contributed by atoms with Gasteiger partial charge in [0.25, 0.3) is 0 Å². The van der Waals surface area contributed by atoms with E-state index in [1.165, 1.54) is 12.8 Å². The zero-order valence-electron chi connectivity index (χ0n) is 13.6. The van der Waals surface area contributed by atoms with Crippen LogP contribution >= 0.6 is 23.4 Å². The minimum atomic E-state index is -0.894. The van der Waals surface area contributed by atoms with Crippen LogP contribution in [-0.4, -0.2) is 64.5 Å². The molecular formula is C17H23ClN2O3S. The Morgan fingerprint density at radius 3 is 2.46 bits per heavy atom. The molecule has 1 heterocycles. The molecule has 1 aliphatic rings. The summed E-state index contributed by atoms with van der Waals surface area (Å²) in [5, 5.41) is 9.38. The van der Waals surface area contributed by atoms with Crippen molar-refractivity contribution in [2.24, 2.45) is 0 Å². The monoisotopic (exact) mass is 370 g/mol. The van der Waals surface area contributed by atoms with Crippen LogP contribution in [0.2, 0.25) is 5.02 Å². The number of likely N-dealkylation sites (tertiary alicyclic amines) is 1. The van der Waals surface area contributed by atoms with Gasteiger partial charge in [0.05, 0.1) is 11.5 Å². The number of thioether (sulfide) groups is 1. The number of carboxylic acids is 1. The summed E-state index contributed by atoms with van der Waals surface area (Å²) in [6, 6.07) is 7.48. The molecule has 7 heteroatoms. The molecule has 1 aliphatic heterocycles. The molecule has 0 saturated carbocycles. The predicted octanol–water partition coefficient (Wildman–Crippen LogP) is 2.58. The van der Waals surface area contributed by atoms with Gasteiger partial charge in [-0.1, -0.05) is 23.7 Å². The number of carboxylic acid groups (broad SMARTS) is 1. The lowest BCUT2D eigenvalue weighted by Crippen LogP contribution is -2.38. The van der Waals surface area contributed by atoms with Gasteiger partial charge in [-0.25, -0.2) is 0 Å². The summed E-state index contributed by atoms with van der Waals surface area (Å²) >= 11 is 7.05. The number of carbonyl (C=O) groups excluding carboxylic acids is 1. The van der Waals surface area contributed by atoms with Gasteiger partial charge in [0, 0.05) is 24.7 Å². The number of amides is 1. The molecule has 0 spiro atoms. The van der Waals surface area contributed by atoms with Gasteiger partial charge in [-0.15, -0.1) is 11.8 Å². The molecule has 1 amide bonds. The highest BCUT2D eigenvalue weighted by atomic mass is 35.5. The molecular weight excluding hydrogens is 348 g/mol. The molecule has 2 rings (SSSR count). The molecule has 1 aromatic carbocycles. The molecule has 1 N–H and O–H groups in total. The number of nitrogens with zero attached hydrogens (tertiary/aromatic N) is 2. The van der Waals surface area contributed by atoms with E-state index in [0.29, 0.717) is 18.1 Å². The van der Waals surface area contributed by atoms with Gasteiger partial charge in [0.15, 0.2) is 0 Å². The molecule has 0 atom stereocenters. The summed E-state index contributed by atoms with van der Waals surface area (Å²) in [7, 11) is 0. The Bertz CT molecular complexity index is 547. The van der Waals surface area contributed by atoms with Crippen molar-refractivity contribution in [1.29, 1.82) is 0 Å². The van der Waals surface area contributed by atoms with Crippen LogP contribution in [0.4, 0.5) is 0 Å².